The highest BCUT2D eigenvalue weighted by Gasteiger charge is 2.32. The minimum Gasteiger partial charge on any atom is -0.396 e. The van der Waals surface area contributed by atoms with Crippen LogP contribution in [0.3, 0.4) is 0 Å². The Morgan fingerprint density at radius 3 is 2.95 bits per heavy atom. The van der Waals surface area contributed by atoms with E-state index in [-0.39, 0.29) is 18.4 Å². The molecule has 0 spiro atoms. The number of fused-ring (bicyclic) bond motifs is 1. The Morgan fingerprint density at radius 1 is 1.45 bits per heavy atom. The van der Waals surface area contributed by atoms with Crippen LogP contribution in [0.2, 0.25) is 0 Å². The number of aliphatic hydroxyl groups excluding tert-OH is 1. The van der Waals surface area contributed by atoms with Crippen molar-refractivity contribution in [1.82, 2.24) is 9.88 Å². The average Bonchev–Trinajstić information content (AvgIpc) is 2.81. The van der Waals surface area contributed by atoms with Gasteiger partial charge in [0, 0.05) is 42.7 Å². The molecule has 5 nitrogen and oxygen atoms in total. The first kappa shape index (κ1) is 13.1. The van der Waals surface area contributed by atoms with E-state index in [1.165, 1.54) is 0 Å². The predicted molar refractivity (Wildman–Crippen MR) is 77.1 cm³/mol. The molecule has 20 heavy (non-hydrogen) atoms. The minimum atomic E-state index is -0.520. The Hall–Kier alpha value is -1.85. The number of H-pyrrole nitrogens is 1. The number of nitrogens with zero attached hydrogens (tertiary/aromatic N) is 1. The maximum Gasteiger partial charge on any atom is 0.239 e. The number of carbonyl (C=O) groups excluding carboxylic acids is 1. The SMILES string of the molecule is N[C@H](Cc1c[nH]c2ccccc12)C(=O)N1CC(CO)C1. The van der Waals surface area contributed by atoms with E-state index >= 15 is 0 Å². The third kappa shape index (κ3) is 2.30. The largest absolute Gasteiger partial charge is 0.396 e. The topological polar surface area (TPSA) is 82.4 Å². The van der Waals surface area contributed by atoms with Crippen LogP contribution < -0.4 is 5.73 Å². The van der Waals surface area contributed by atoms with Gasteiger partial charge in [-0.15, -0.1) is 0 Å². The molecule has 0 aliphatic carbocycles. The number of benzene rings is 1. The van der Waals surface area contributed by atoms with Gasteiger partial charge in [0.1, 0.15) is 0 Å². The van der Waals surface area contributed by atoms with Crippen molar-refractivity contribution in [1.29, 1.82) is 0 Å². The van der Waals surface area contributed by atoms with Gasteiger partial charge < -0.3 is 20.7 Å². The number of nitrogens with two attached hydrogens (primary N) is 1. The Bertz CT molecular complexity index is 616. The van der Waals surface area contributed by atoms with Crippen LogP contribution in [0.25, 0.3) is 10.9 Å². The molecule has 1 saturated heterocycles. The number of hydrogen-bond acceptors (Lipinski definition) is 3. The van der Waals surface area contributed by atoms with Crippen molar-refractivity contribution >= 4 is 16.8 Å². The highest BCUT2D eigenvalue weighted by molar-refractivity contribution is 5.86. The maximum absolute atomic E-state index is 12.2. The normalized spacial score (nSPS) is 17.2. The van der Waals surface area contributed by atoms with Crippen LogP contribution >= 0.6 is 0 Å². The standard InChI is InChI=1S/C15H19N3O2/c16-13(15(20)18-7-10(8-18)9-19)5-11-6-17-14-4-2-1-3-12(11)14/h1-4,6,10,13,17,19H,5,7-9,16H2/t13-/m1/s1. The molecule has 2 heterocycles. The molecule has 1 aliphatic heterocycles. The summed E-state index contributed by atoms with van der Waals surface area (Å²) in [6, 6.07) is 7.47. The first-order valence-corrected chi connectivity index (χ1v) is 6.89. The minimum absolute atomic E-state index is 0.0278. The number of aromatic nitrogens is 1. The van der Waals surface area contributed by atoms with Gasteiger partial charge in [0.25, 0.3) is 0 Å². The summed E-state index contributed by atoms with van der Waals surface area (Å²) in [4.78, 5) is 17.1. The molecule has 0 unspecified atom stereocenters. The van der Waals surface area contributed by atoms with Crippen molar-refractivity contribution in [2.75, 3.05) is 19.7 Å². The Labute approximate surface area is 117 Å². The van der Waals surface area contributed by atoms with Gasteiger partial charge in [-0.1, -0.05) is 18.2 Å². The molecule has 1 aromatic carbocycles. The maximum atomic E-state index is 12.2. The van der Waals surface area contributed by atoms with E-state index in [0.29, 0.717) is 19.5 Å². The van der Waals surface area contributed by atoms with Crippen LogP contribution in [0.1, 0.15) is 5.56 Å². The van der Waals surface area contributed by atoms with Crippen molar-refractivity contribution in [2.45, 2.75) is 12.5 Å². The summed E-state index contributed by atoms with van der Waals surface area (Å²) in [5.74, 6) is 0.194. The molecule has 5 heteroatoms. The van der Waals surface area contributed by atoms with Crippen molar-refractivity contribution in [3.63, 3.8) is 0 Å². The Balaban J connectivity index is 1.67. The number of carbonyl (C=O) groups is 1. The van der Waals surface area contributed by atoms with E-state index in [1.807, 2.05) is 30.5 Å². The molecule has 4 N–H and O–H groups in total. The fourth-order valence-electron chi connectivity index (χ4n) is 2.72. The van der Waals surface area contributed by atoms with E-state index in [0.717, 1.165) is 16.5 Å². The summed E-state index contributed by atoms with van der Waals surface area (Å²) in [7, 11) is 0. The molecule has 1 amide bonds. The lowest BCUT2D eigenvalue weighted by atomic mass is 9.98. The van der Waals surface area contributed by atoms with Crippen molar-refractivity contribution in [3.05, 3.63) is 36.0 Å². The van der Waals surface area contributed by atoms with Crippen molar-refractivity contribution in [2.24, 2.45) is 11.7 Å². The first-order chi connectivity index (χ1) is 9.69. The van der Waals surface area contributed by atoms with E-state index in [1.54, 1.807) is 4.90 Å². The quantitative estimate of drug-likeness (QED) is 0.758. The van der Waals surface area contributed by atoms with Gasteiger partial charge >= 0.3 is 0 Å². The van der Waals surface area contributed by atoms with Crippen LogP contribution in [0, 0.1) is 5.92 Å². The fourth-order valence-corrected chi connectivity index (χ4v) is 2.72. The van der Waals surface area contributed by atoms with Crippen molar-refractivity contribution < 1.29 is 9.90 Å². The van der Waals surface area contributed by atoms with Crippen LogP contribution in [0.4, 0.5) is 0 Å². The number of aliphatic hydroxyl groups is 1. The predicted octanol–water partition coefficient (Wildman–Crippen LogP) is 0.488. The fraction of sp³-hybridized carbons (Fsp3) is 0.400. The van der Waals surface area contributed by atoms with Crippen LogP contribution in [-0.4, -0.2) is 46.6 Å². The zero-order valence-electron chi connectivity index (χ0n) is 11.2. The molecule has 1 atom stereocenters. The third-order valence-corrected chi connectivity index (χ3v) is 3.96. The van der Waals surface area contributed by atoms with Crippen LogP contribution in [0.15, 0.2) is 30.5 Å². The second kappa shape index (κ2) is 5.26. The summed E-state index contributed by atoms with van der Waals surface area (Å²) in [5, 5.41) is 10.1. The molecule has 1 fully saturated rings. The molecule has 106 valence electrons. The molecule has 0 saturated carbocycles. The monoisotopic (exact) mass is 273 g/mol. The smallest absolute Gasteiger partial charge is 0.239 e. The van der Waals surface area contributed by atoms with Gasteiger partial charge in [-0.05, 0) is 18.1 Å². The molecule has 1 aromatic heterocycles. The Morgan fingerprint density at radius 2 is 2.20 bits per heavy atom. The van der Waals surface area contributed by atoms with Gasteiger partial charge in [-0.25, -0.2) is 0 Å². The van der Waals surface area contributed by atoms with Gasteiger partial charge in [0.05, 0.1) is 6.04 Å². The highest BCUT2D eigenvalue weighted by atomic mass is 16.3. The second-order valence-electron chi connectivity index (χ2n) is 5.46. The lowest BCUT2D eigenvalue weighted by Crippen LogP contribution is -2.56. The van der Waals surface area contributed by atoms with Crippen LogP contribution in [0.5, 0.6) is 0 Å². The number of para-hydroxylation sites is 1. The summed E-state index contributed by atoms with van der Waals surface area (Å²) in [6.45, 7) is 1.38. The number of nitrogens with one attached hydrogen (secondary N) is 1. The molecular formula is C15H19N3O2. The Kier molecular flexibility index (Phi) is 3.46. The zero-order valence-corrected chi connectivity index (χ0v) is 11.2. The number of hydrogen-bond donors (Lipinski definition) is 3. The molecule has 3 rings (SSSR count). The van der Waals surface area contributed by atoms with Gasteiger partial charge in [0.2, 0.25) is 5.91 Å². The molecule has 0 radical (unpaired) electrons. The van der Waals surface area contributed by atoms with E-state index in [2.05, 4.69) is 4.98 Å². The summed E-state index contributed by atoms with van der Waals surface area (Å²) < 4.78 is 0. The number of aromatic amines is 1. The lowest BCUT2D eigenvalue weighted by molar-refractivity contribution is -0.139. The lowest BCUT2D eigenvalue weighted by Gasteiger charge is -2.39. The second-order valence-corrected chi connectivity index (χ2v) is 5.46. The summed E-state index contributed by atoms with van der Waals surface area (Å²) in [6.07, 6.45) is 2.45. The molecule has 0 bridgehead atoms. The van der Waals surface area contributed by atoms with Gasteiger partial charge in [-0.3, -0.25) is 4.79 Å². The first-order valence-electron chi connectivity index (χ1n) is 6.89. The molecular weight excluding hydrogens is 254 g/mol. The summed E-state index contributed by atoms with van der Waals surface area (Å²) >= 11 is 0. The molecule has 1 aliphatic rings. The van der Waals surface area contributed by atoms with E-state index in [9.17, 15) is 4.79 Å². The number of amides is 1. The number of rotatable bonds is 4. The van der Waals surface area contributed by atoms with Gasteiger partial charge in [0.15, 0.2) is 0 Å². The molecule has 2 aromatic rings. The van der Waals surface area contributed by atoms with Gasteiger partial charge in [-0.2, -0.15) is 0 Å². The van der Waals surface area contributed by atoms with Crippen LogP contribution in [-0.2, 0) is 11.2 Å². The third-order valence-electron chi connectivity index (χ3n) is 3.96. The van der Waals surface area contributed by atoms with E-state index < -0.39 is 6.04 Å². The number of likely N-dealkylation sites (tertiary alicyclic amines) is 1. The van der Waals surface area contributed by atoms with E-state index in [4.69, 9.17) is 10.8 Å². The van der Waals surface area contributed by atoms with Crippen molar-refractivity contribution in [3.8, 4) is 0 Å². The summed E-state index contributed by atoms with van der Waals surface area (Å²) in [5.41, 5.74) is 8.16. The zero-order chi connectivity index (χ0) is 14.1. The highest BCUT2D eigenvalue weighted by Crippen LogP contribution is 2.20. The average molecular weight is 273 g/mol.